The van der Waals surface area contributed by atoms with Gasteiger partial charge in [0.25, 0.3) is 0 Å². The zero-order valence-electron chi connectivity index (χ0n) is 27.4. The Hall–Kier alpha value is -3.20. The van der Waals surface area contributed by atoms with Crippen molar-refractivity contribution in [3.8, 4) is 5.75 Å². The largest absolute Gasteiger partial charge is 0.497 e. The van der Waals surface area contributed by atoms with E-state index in [1.54, 1.807) is 30.3 Å². The van der Waals surface area contributed by atoms with E-state index in [0.29, 0.717) is 11.3 Å². The number of carbonyl (C=O) groups excluding carboxylic acids is 2. The van der Waals surface area contributed by atoms with Gasteiger partial charge in [-0.3, -0.25) is 4.79 Å². The van der Waals surface area contributed by atoms with Crippen molar-refractivity contribution < 1.29 is 82.9 Å². The number of benzene rings is 1. The molecule has 0 bridgehead atoms. The molecule has 3 saturated heterocycles. The minimum Gasteiger partial charge on any atom is -0.497 e. The predicted molar refractivity (Wildman–Crippen MR) is 163 cm³/mol. The topological polar surface area (TPSA) is 242 Å². The number of fused-ring (bicyclic) bond motifs is 3. The second-order valence-electron chi connectivity index (χ2n) is 12.8. The Bertz CT molecular complexity index is 1420. The summed E-state index contributed by atoms with van der Waals surface area (Å²) in [4.78, 5) is 25.2. The van der Waals surface area contributed by atoms with Crippen molar-refractivity contribution in [2.45, 2.75) is 99.4 Å². The van der Waals surface area contributed by atoms with E-state index in [1.165, 1.54) is 26.4 Å². The van der Waals surface area contributed by atoms with Crippen LogP contribution in [0.4, 0.5) is 0 Å². The highest BCUT2D eigenvalue weighted by Gasteiger charge is 2.77. The first-order valence-electron chi connectivity index (χ1n) is 16.2. The molecular weight excluding hydrogens is 668 g/mol. The van der Waals surface area contributed by atoms with Crippen LogP contribution in [-0.2, 0) is 47.5 Å². The smallest absolute Gasteiger partial charge is 0.331 e. The van der Waals surface area contributed by atoms with E-state index < -0.39 is 122 Å². The van der Waals surface area contributed by atoms with Gasteiger partial charge in [0.2, 0.25) is 6.29 Å². The highest BCUT2D eigenvalue weighted by molar-refractivity contribution is 5.87. The Labute approximate surface area is 286 Å². The Balaban J connectivity index is 1.19. The predicted octanol–water partition coefficient (Wildman–Crippen LogP) is -1.89. The van der Waals surface area contributed by atoms with Gasteiger partial charge < -0.3 is 73.3 Å². The molecule has 16 atom stereocenters. The number of hydrogen-bond acceptors (Lipinski definition) is 17. The second-order valence-corrected chi connectivity index (χ2v) is 12.8. The van der Waals surface area contributed by atoms with Crippen molar-refractivity contribution >= 4 is 18.0 Å². The van der Waals surface area contributed by atoms with E-state index in [2.05, 4.69) is 0 Å². The van der Waals surface area contributed by atoms with Gasteiger partial charge in [0.15, 0.2) is 24.8 Å². The highest BCUT2D eigenvalue weighted by atomic mass is 16.8. The Kier molecular flexibility index (Phi) is 10.8. The lowest BCUT2D eigenvalue weighted by molar-refractivity contribution is -0.347. The standard InChI is InChI=1S/C33H42O17/c1-14-22(38)27(47-20(37)9-6-16-4-7-17(42-3)8-5-16)28(45-15(2)36)32(44-14)48-26-18-10-11-43-30(21(18)33(13-35)29(26)50-33)49-31-25(41)24(40)23(39)19(12-34)46-31/h4-11,14,18-19,21-32,34-35,38-41H,12-13H2,1-3H3/b9-6+/t14-,18+,19-,21+,22-,23-,24+,25-,26-,27+,28+,29-,30-,31+,32-,33+/m1/s1. The Morgan fingerprint density at radius 3 is 2.28 bits per heavy atom. The number of aliphatic hydroxyl groups excluding tert-OH is 6. The van der Waals surface area contributed by atoms with Crippen molar-refractivity contribution in [2.75, 3.05) is 20.3 Å². The molecule has 5 aliphatic rings. The van der Waals surface area contributed by atoms with Gasteiger partial charge in [-0.25, -0.2) is 4.79 Å². The molecule has 17 nitrogen and oxygen atoms in total. The molecule has 1 aromatic carbocycles. The molecule has 0 spiro atoms. The summed E-state index contributed by atoms with van der Waals surface area (Å²) in [6, 6.07) is 6.89. The maximum Gasteiger partial charge on any atom is 0.331 e. The van der Waals surface area contributed by atoms with E-state index in [-0.39, 0.29) is 0 Å². The molecule has 4 aliphatic heterocycles. The van der Waals surface area contributed by atoms with Crippen LogP contribution in [0, 0.1) is 11.8 Å². The van der Waals surface area contributed by atoms with Crippen molar-refractivity contribution in [1.29, 1.82) is 0 Å². The van der Waals surface area contributed by atoms with E-state index >= 15 is 0 Å². The number of aliphatic hydroxyl groups is 6. The molecule has 0 aromatic heterocycles. The number of ether oxygens (including phenoxy) is 9. The lowest BCUT2D eigenvalue weighted by Gasteiger charge is -2.44. The molecular formula is C33H42O17. The molecule has 1 aliphatic carbocycles. The first-order valence-corrected chi connectivity index (χ1v) is 16.2. The van der Waals surface area contributed by atoms with Crippen LogP contribution >= 0.6 is 0 Å². The summed E-state index contributed by atoms with van der Waals surface area (Å²) in [6.45, 7) is 1.50. The summed E-state index contributed by atoms with van der Waals surface area (Å²) in [7, 11) is 1.53. The maximum absolute atomic E-state index is 12.9. The number of carbonyl (C=O) groups is 2. The van der Waals surface area contributed by atoms with Gasteiger partial charge in [0.1, 0.15) is 48.0 Å². The number of methoxy groups -OCH3 is 1. The summed E-state index contributed by atoms with van der Waals surface area (Å²) >= 11 is 0. The fraction of sp³-hybridized carbons (Fsp3) is 0.636. The summed E-state index contributed by atoms with van der Waals surface area (Å²) in [5.41, 5.74) is -0.583. The monoisotopic (exact) mass is 710 g/mol. The van der Waals surface area contributed by atoms with Gasteiger partial charge in [-0.05, 0) is 36.8 Å². The van der Waals surface area contributed by atoms with Crippen molar-refractivity contribution in [3.05, 3.63) is 48.2 Å². The molecule has 276 valence electrons. The normalized spacial score (nSPS) is 43.4. The average Bonchev–Trinajstić information content (AvgIpc) is 3.78. The zero-order chi connectivity index (χ0) is 35.9. The molecule has 6 N–H and O–H groups in total. The quantitative estimate of drug-likeness (QED) is 0.0835. The third kappa shape index (κ3) is 6.88. The number of epoxide rings is 1. The molecule has 0 unspecified atom stereocenters. The lowest BCUT2D eigenvalue weighted by atomic mass is 9.85. The Morgan fingerprint density at radius 1 is 0.880 bits per heavy atom. The number of esters is 2. The third-order valence-corrected chi connectivity index (χ3v) is 9.73. The average molecular weight is 711 g/mol. The van der Waals surface area contributed by atoms with Crippen LogP contribution in [0.15, 0.2) is 42.7 Å². The third-order valence-electron chi connectivity index (χ3n) is 9.73. The van der Waals surface area contributed by atoms with Crippen LogP contribution in [0.3, 0.4) is 0 Å². The number of hydrogen-bond donors (Lipinski definition) is 6. The van der Waals surface area contributed by atoms with Gasteiger partial charge in [-0.1, -0.05) is 12.1 Å². The van der Waals surface area contributed by atoms with Crippen LogP contribution in [0.5, 0.6) is 5.75 Å². The summed E-state index contributed by atoms with van der Waals surface area (Å²) in [6.07, 6.45) is -11.6. The molecule has 6 rings (SSSR count). The van der Waals surface area contributed by atoms with Crippen LogP contribution < -0.4 is 4.74 Å². The molecule has 0 amide bonds. The van der Waals surface area contributed by atoms with E-state index in [9.17, 15) is 40.2 Å². The van der Waals surface area contributed by atoms with Crippen LogP contribution in [0.2, 0.25) is 0 Å². The fourth-order valence-corrected chi connectivity index (χ4v) is 7.06. The van der Waals surface area contributed by atoms with Crippen molar-refractivity contribution in [1.82, 2.24) is 0 Å². The fourth-order valence-electron chi connectivity index (χ4n) is 7.06. The summed E-state index contributed by atoms with van der Waals surface area (Å²) < 4.78 is 51.7. The van der Waals surface area contributed by atoms with Gasteiger partial charge in [0.05, 0.1) is 44.7 Å². The van der Waals surface area contributed by atoms with Gasteiger partial charge in [-0.2, -0.15) is 0 Å². The van der Waals surface area contributed by atoms with Gasteiger partial charge in [0, 0.05) is 18.9 Å². The molecule has 1 aromatic rings. The van der Waals surface area contributed by atoms with Crippen LogP contribution in [0.25, 0.3) is 6.08 Å². The maximum atomic E-state index is 12.9. The summed E-state index contributed by atoms with van der Waals surface area (Å²) in [5.74, 6) is -2.34. The van der Waals surface area contributed by atoms with Gasteiger partial charge >= 0.3 is 11.9 Å². The van der Waals surface area contributed by atoms with Crippen LogP contribution in [-0.4, -0.2) is 148 Å². The Morgan fingerprint density at radius 2 is 1.62 bits per heavy atom. The van der Waals surface area contributed by atoms with Crippen LogP contribution in [0.1, 0.15) is 19.4 Å². The minimum absolute atomic E-state index is 0.501. The first-order chi connectivity index (χ1) is 23.9. The molecule has 17 heteroatoms. The SMILES string of the molecule is COc1ccc(/C=C/C(=O)O[C@H]2[C@H](O)[C@@H](C)O[C@H](O[C@@H]3[C@H]4C=CO[C@H](O[C@@H]5O[C@H](CO)[C@@H](O)[C@H](O)[C@H]5O)[C@H]4[C@]4(CO)O[C@H]34)[C@H]2OC(C)=O)cc1. The second kappa shape index (κ2) is 14.8. The lowest BCUT2D eigenvalue weighted by Crippen LogP contribution is -2.61. The molecule has 4 heterocycles. The zero-order valence-corrected chi connectivity index (χ0v) is 27.4. The highest BCUT2D eigenvalue weighted by Crippen LogP contribution is 2.61. The molecule has 4 fully saturated rings. The molecule has 50 heavy (non-hydrogen) atoms. The van der Waals surface area contributed by atoms with Crippen molar-refractivity contribution in [3.63, 3.8) is 0 Å². The summed E-state index contributed by atoms with van der Waals surface area (Å²) in [5, 5.41) is 62.1. The first kappa shape index (κ1) is 36.6. The van der Waals surface area contributed by atoms with Crippen molar-refractivity contribution in [2.24, 2.45) is 11.8 Å². The number of rotatable bonds is 11. The minimum atomic E-state index is -1.71. The van der Waals surface area contributed by atoms with E-state index in [1.807, 2.05) is 0 Å². The van der Waals surface area contributed by atoms with E-state index in [4.69, 9.17) is 42.6 Å². The van der Waals surface area contributed by atoms with Gasteiger partial charge in [-0.15, -0.1) is 0 Å². The molecule has 0 radical (unpaired) electrons. The van der Waals surface area contributed by atoms with E-state index in [0.717, 1.165) is 13.0 Å². The molecule has 1 saturated carbocycles.